The number of amides is 2. The zero-order valence-corrected chi connectivity index (χ0v) is 18.4. The van der Waals surface area contributed by atoms with Gasteiger partial charge in [-0.15, -0.1) is 0 Å². The maximum atomic E-state index is 12.9. The average Bonchev–Trinajstić information content (AvgIpc) is 3.01. The number of anilines is 1. The second-order valence-electron chi connectivity index (χ2n) is 7.77. The lowest BCUT2D eigenvalue weighted by Gasteiger charge is -2.18. The van der Waals surface area contributed by atoms with Crippen LogP contribution in [-0.4, -0.2) is 30.2 Å². The first-order valence-corrected chi connectivity index (χ1v) is 10.7. The number of imide groups is 1. The summed E-state index contributed by atoms with van der Waals surface area (Å²) in [5.74, 6) is -2.20. The van der Waals surface area contributed by atoms with Crippen molar-refractivity contribution in [2.75, 3.05) is 11.5 Å². The van der Waals surface area contributed by atoms with Gasteiger partial charge in [-0.25, -0.2) is 4.79 Å². The Hall–Kier alpha value is -3.06. The molecule has 1 heterocycles. The standard InChI is InChI=1S/C24H20BrNO5/c1-14-5-10-19-20(11-14)23(29)26(22(19)28)18-4-2-3-16(12-18)24(30)31-13-21(27)15-6-8-17(25)9-7-15/h2-9,12,19-20H,10-11,13H2,1H3. The van der Waals surface area contributed by atoms with E-state index < -0.39 is 12.6 Å². The van der Waals surface area contributed by atoms with Crippen molar-refractivity contribution in [3.63, 3.8) is 0 Å². The molecule has 0 N–H and O–H groups in total. The van der Waals surface area contributed by atoms with Crippen LogP contribution in [-0.2, 0) is 14.3 Å². The van der Waals surface area contributed by atoms with E-state index >= 15 is 0 Å². The van der Waals surface area contributed by atoms with Crippen LogP contribution in [0.3, 0.4) is 0 Å². The molecule has 1 aliphatic heterocycles. The normalized spacial score (nSPS) is 20.3. The first-order valence-electron chi connectivity index (χ1n) is 9.94. The molecule has 1 aliphatic carbocycles. The number of benzene rings is 2. The van der Waals surface area contributed by atoms with Crippen LogP contribution in [0.4, 0.5) is 5.69 Å². The highest BCUT2D eigenvalue weighted by Gasteiger charge is 2.48. The van der Waals surface area contributed by atoms with Gasteiger partial charge in [-0.1, -0.05) is 45.8 Å². The number of fused-ring (bicyclic) bond motifs is 1. The molecule has 2 unspecified atom stereocenters. The van der Waals surface area contributed by atoms with E-state index in [1.165, 1.54) is 17.0 Å². The van der Waals surface area contributed by atoms with E-state index in [1.807, 2.05) is 13.0 Å². The van der Waals surface area contributed by atoms with Gasteiger partial charge in [-0.05, 0) is 50.1 Å². The van der Waals surface area contributed by atoms with E-state index in [0.29, 0.717) is 24.1 Å². The topological polar surface area (TPSA) is 80.8 Å². The summed E-state index contributed by atoms with van der Waals surface area (Å²) < 4.78 is 6.00. The first-order chi connectivity index (χ1) is 14.8. The summed E-state index contributed by atoms with van der Waals surface area (Å²) in [5, 5.41) is 0. The van der Waals surface area contributed by atoms with Gasteiger partial charge < -0.3 is 4.74 Å². The van der Waals surface area contributed by atoms with E-state index in [1.54, 1.807) is 36.4 Å². The van der Waals surface area contributed by atoms with Crippen molar-refractivity contribution in [1.29, 1.82) is 0 Å². The minimum atomic E-state index is -0.693. The highest BCUT2D eigenvalue weighted by Crippen LogP contribution is 2.39. The summed E-state index contributed by atoms with van der Waals surface area (Å²) in [6, 6.07) is 12.9. The Balaban J connectivity index is 1.46. The van der Waals surface area contributed by atoms with Crippen LogP contribution >= 0.6 is 15.9 Å². The Morgan fingerprint density at radius 1 is 1.03 bits per heavy atom. The summed E-state index contributed by atoms with van der Waals surface area (Å²) in [6.07, 6.45) is 3.13. The molecule has 2 amide bonds. The molecule has 2 atom stereocenters. The van der Waals surface area contributed by atoms with Crippen molar-refractivity contribution >= 4 is 45.2 Å². The van der Waals surface area contributed by atoms with Gasteiger partial charge in [0.1, 0.15) is 0 Å². The van der Waals surface area contributed by atoms with Crippen molar-refractivity contribution in [2.24, 2.45) is 11.8 Å². The lowest BCUT2D eigenvalue weighted by Crippen LogP contribution is -2.31. The summed E-state index contributed by atoms with van der Waals surface area (Å²) in [7, 11) is 0. The second-order valence-corrected chi connectivity index (χ2v) is 8.69. The summed E-state index contributed by atoms with van der Waals surface area (Å²) in [5.41, 5.74) is 2.06. The Kier molecular flexibility index (Phi) is 5.87. The van der Waals surface area contributed by atoms with Gasteiger partial charge in [-0.3, -0.25) is 19.3 Å². The van der Waals surface area contributed by atoms with E-state index in [0.717, 1.165) is 10.0 Å². The minimum Gasteiger partial charge on any atom is -0.454 e. The molecule has 4 rings (SSSR count). The van der Waals surface area contributed by atoms with Crippen LogP contribution in [0.5, 0.6) is 0 Å². The van der Waals surface area contributed by atoms with E-state index in [4.69, 9.17) is 4.74 Å². The van der Waals surface area contributed by atoms with Crippen molar-refractivity contribution in [3.05, 3.63) is 75.8 Å². The molecule has 0 aromatic heterocycles. The fourth-order valence-electron chi connectivity index (χ4n) is 4.00. The number of allylic oxidation sites excluding steroid dienone is 2. The molecule has 0 bridgehead atoms. The van der Waals surface area contributed by atoms with Crippen LogP contribution < -0.4 is 4.90 Å². The van der Waals surface area contributed by atoms with Crippen molar-refractivity contribution in [1.82, 2.24) is 0 Å². The zero-order chi connectivity index (χ0) is 22.1. The van der Waals surface area contributed by atoms with Gasteiger partial charge >= 0.3 is 5.97 Å². The number of esters is 1. The number of hydrogen-bond donors (Lipinski definition) is 0. The van der Waals surface area contributed by atoms with Gasteiger partial charge in [0.2, 0.25) is 11.8 Å². The average molecular weight is 482 g/mol. The predicted molar refractivity (Wildman–Crippen MR) is 118 cm³/mol. The maximum absolute atomic E-state index is 12.9. The monoisotopic (exact) mass is 481 g/mol. The van der Waals surface area contributed by atoms with Gasteiger partial charge in [0.05, 0.1) is 23.1 Å². The molecular weight excluding hydrogens is 462 g/mol. The number of rotatable bonds is 5. The molecule has 2 aliphatic rings. The molecule has 158 valence electrons. The lowest BCUT2D eigenvalue weighted by molar-refractivity contribution is -0.122. The van der Waals surface area contributed by atoms with Crippen molar-refractivity contribution in [2.45, 2.75) is 19.8 Å². The Labute approximate surface area is 188 Å². The molecular formula is C24H20BrNO5. The highest BCUT2D eigenvalue weighted by atomic mass is 79.9. The van der Waals surface area contributed by atoms with Gasteiger partial charge in [0, 0.05) is 10.0 Å². The number of ether oxygens (including phenoxy) is 1. The number of carbonyl (C=O) groups excluding carboxylic acids is 4. The molecule has 1 saturated heterocycles. The molecule has 0 spiro atoms. The van der Waals surface area contributed by atoms with Crippen LogP contribution in [0.2, 0.25) is 0 Å². The predicted octanol–water partition coefficient (Wildman–Crippen LogP) is 4.33. The molecule has 2 aromatic rings. The molecule has 1 fully saturated rings. The molecule has 31 heavy (non-hydrogen) atoms. The summed E-state index contributed by atoms with van der Waals surface area (Å²) in [6.45, 7) is 1.56. The number of Topliss-reactive ketones (excluding diaryl/α,β-unsaturated/α-hetero) is 1. The fourth-order valence-corrected chi connectivity index (χ4v) is 4.26. The third-order valence-electron chi connectivity index (χ3n) is 5.66. The molecule has 7 heteroatoms. The molecule has 0 saturated carbocycles. The SMILES string of the molecule is CC1=CCC2C(=O)N(c3cccc(C(=O)OCC(=O)c4ccc(Br)cc4)c3)C(=O)C2C1. The van der Waals surface area contributed by atoms with Gasteiger partial charge in [0.15, 0.2) is 12.4 Å². The fraction of sp³-hybridized carbons (Fsp3) is 0.250. The van der Waals surface area contributed by atoms with Gasteiger partial charge in [-0.2, -0.15) is 0 Å². The van der Waals surface area contributed by atoms with Crippen LogP contribution in [0.1, 0.15) is 40.5 Å². The lowest BCUT2D eigenvalue weighted by atomic mass is 9.82. The zero-order valence-electron chi connectivity index (χ0n) is 16.8. The third kappa shape index (κ3) is 4.23. The highest BCUT2D eigenvalue weighted by molar-refractivity contribution is 9.10. The van der Waals surface area contributed by atoms with Crippen LogP contribution in [0.25, 0.3) is 0 Å². The quantitative estimate of drug-likeness (QED) is 0.274. The number of hydrogen-bond acceptors (Lipinski definition) is 5. The van der Waals surface area contributed by atoms with E-state index in [-0.39, 0.29) is 35.0 Å². The number of ketones is 1. The van der Waals surface area contributed by atoms with Crippen molar-refractivity contribution < 1.29 is 23.9 Å². The van der Waals surface area contributed by atoms with E-state index in [2.05, 4.69) is 15.9 Å². The number of halogens is 1. The Morgan fingerprint density at radius 3 is 2.48 bits per heavy atom. The Bertz CT molecular complexity index is 1110. The number of carbonyl (C=O) groups is 4. The molecule has 2 aromatic carbocycles. The van der Waals surface area contributed by atoms with Crippen molar-refractivity contribution in [3.8, 4) is 0 Å². The van der Waals surface area contributed by atoms with Crippen LogP contribution in [0, 0.1) is 11.8 Å². The Morgan fingerprint density at radius 2 is 1.74 bits per heavy atom. The summed E-state index contributed by atoms with van der Waals surface area (Å²) >= 11 is 3.30. The number of nitrogens with zero attached hydrogens (tertiary/aromatic N) is 1. The molecule has 0 radical (unpaired) electrons. The smallest absolute Gasteiger partial charge is 0.338 e. The maximum Gasteiger partial charge on any atom is 0.338 e. The minimum absolute atomic E-state index is 0.172. The second kappa shape index (κ2) is 8.59. The first kappa shape index (κ1) is 21.2. The van der Waals surface area contributed by atoms with Gasteiger partial charge in [0.25, 0.3) is 0 Å². The molecule has 6 nitrogen and oxygen atoms in total. The van der Waals surface area contributed by atoms with E-state index in [9.17, 15) is 19.2 Å². The largest absolute Gasteiger partial charge is 0.454 e. The van der Waals surface area contributed by atoms with Crippen LogP contribution in [0.15, 0.2) is 64.7 Å². The summed E-state index contributed by atoms with van der Waals surface area (Å²) in [4.78, 5) is 51.6. The third-order valence-corrected chi connectivity index (χ3v) is 6.19.